The fraction of sp³-hybridized carbons (Fsp3) is 0.600. The lowest BCUT2D eigenvalue weighted by molar-refractivity contribution is 0.0981. The SMILES string of the molecule is CC1CCC2CN(c3nc(N4CCN(CCC(C)(C)C)C4=O)ccc3C(=O)NS(=O)(=O)c3cccc(n3)N1)C(C)(C)C2. The molecule has 2 unspecified atom stereocenters. The smallest absolute Gasteiger partial charge is 0.325 e. The van der Waals surface area contributed by atoms with E-state index < -0.39 is 15.9 Å². The van der Waals surface area contributed by atoms with Crippen LogP contribution in [0.3, 0.4) is 0 Å². The van der Waals surface area contributed by atoms with Crippen LogP contribution < -0.4 is 19.8 Å². The first-order valence-corrected chi connectivity index (χ1v) is 16.3. The highest BCUT2D eigenvalue weighted by atomic mass is 32.2. The topological polar surface area (TPSA) is 128 Å². The second kappa shape index (κ2) is 11.0. The van der Waals surface area contributed by atoms with Crippen LogP contribution in [-0.2, 0) is 10.0 Å². The fourth-order valence-electron chi connectivity index (χ4n) is 6.08. The van der Waals surface area contributed by atoms with Crippen LogP contribution in [0, 0.1) is 11.3 Å². The van der Waals surface area contributed by atoms with E-state index in [2.05, 4.69) is 61.5 Å². The van der Waals surface area contributed by atoms with Gasteiger partial charge in [0.15, 0.2) is 5.03 Å². The number of amides is 3. The third-order valence-corrected chi connectivity index (χ3v) is 9.68. The van der Waals surface area contributed by atoms with Gasteiger partial charge in [0.25, 0.3) is 15.9 Å². The fourth-order valence-corrected chi connectivity index (χ4v) is 7.02. The Hall–Kier alpha value is -3.41. The zero-order chi connectivity index (χ0) is 30.4. The van der Waals surface area contributed by atoms with Crippen molar-refractivity contribution in [2.45, 2.75) is 83.8 Å². The number of carbonyl (C=O) groups is 2. The van der Waals surface area contributed by atoms with E-state index in [1.165, 1.54) is 6.07 Å². The van der Waals surface area contributed by atoms with E-state index in [4.69, 9.17) is 4.98 Å². The van der Waals surface area contributed by atoms with Crippen LogP contribution in [0.5, 0.6) is 0 Å². The van der Waals surface area contributed by atoms with E-state index >= 15 is 0 Å². The van der Waals surface area contributed by atoms with Crippen LogP contribution in [0.1, 0.15) is 77.6 Å². The summed E-state index contributed by atoms with van der Waals surface area (Å²) in [7, 11) is -4.26. The first-order chi connectivity index (χ1) is 19.6. The Kier molecular flexibility index (Phi) is 7.88. The summed E-state index contributed by atoms with van der Waals surface area (Å²) in [5.41, 5.74) is -0.0848. The lowest BCUT2D eigenvalue weighted by Crippen LogP contribution is -2.41. The number of carbonyl (C=O) groups excluding carboxylic acids is 2. The summed E-state index contributed by atoms with van der Waals surface area (Å²) in [5.74, 6) is 0.847. The van der Waals surface area contributed by atoms with E-state index in [0.29, 0.717) is 49.6 Å². The van der Waals surface area contributed by atoms with Crippen molar-refractivity contribution in [2.24, 2.45) is 11.3 Å². The highest BCUT2D eigenvalue weighted by molar-refractivity contribution is 7.90. The van der Waals surface area contributed by atoms with Crippen molar-refractivity contribution in [3.63, 3.8) is 0 Å². The van der Waals surface area contributed by atoms with E-state index in [1.54, 1.807) is 29.2 Å². The number of hydrogen-bond donors (Lipinski definition) is 2. The third-order valence-electron chi connectivity index (χ3n) is 8.45. The molecule has 2 saturated heterocycles. The minimum atomic E-state index is -4.26. The van der Waals surface area contributed by atoms with Gasteiger partial charge in [0, 0.05) is 37.8 Å². The van der Waals surface area contributed by atoms with Gasteiger partial charge >= 0.3 is 6.03 Å². The molecule has 0 aliphatic carbocycles. The Balaban J connectivity index is 1.53. The van der Waals surface area contributed by atoms with Crippen molar-refractivity contribution in [3.05, 3.63) is 35.9 Å². The third kappa shape index (κ3) is 6.33. The summed E-state index contributed by atoms with van der Waals surface area (Å²) >= 11 is 0. The molecule has 2 fully saturated rings. The van der Waals surface area contributed by atoms with Crippen molar-refractivity contribution < 1.29 is 18.0 Å². The number of nitrogens with one attached hydrogen (secondary N) is 2. The molecule has 12 heteroatoms. The van der Waals surface area contributed by atoms with Crippen LogP contribution >= 0.6 is 0 Å². The number of urea groups is 1. The summed E-state index contributed by atoms with van der Waals surface area (Å²) < 4.78 is 28.7. The van der Waals surface area contributed by atoms with Crippen LogP contribution in [0.15, 0.2) is 35.4 Å². The molecular weight excluding hydrogens is 554 g/mol. The number of fused-ring (bicyclic) bond motifs is 6. The predicted molar refractivity (Wildman–Crippen MR) is 163 cm³/mol. The number of anilines is 3. The van der Waals surface area contributed by atoms with Crippen molar-refractivity contribution in [2.75, 3.05) is 41.3 Å². The van der Waals surface area contributed by atoms with Gasteiger partial charge in [0.2, 0.25) is 0 Å². The molecule has 3 aliphatic rings. The van der Waals surface area contributed by atoms with Gasteiger partial charge in [-0.05, 0) is 82.1 Å². The minimum Gasteiger partial charge on any atom is -0.368 e. The average molecular weight is 598 g/mol. The summed E-state index contributed by atoms with van der Waals surface area (Å²) in [4.78, 5) is 41.8. The zero-order valence-corrected chi connectivity index (χ0v) is 26.3. The maximum atomic E-state index is 13.6. The molecule has 0 radical (unpaired) electrons. The number of hydrogen-bond acceptors (Lipinski definition) is 8. The number of sulfonamides is 1. The summed E-state index contributed by atoms with van der Waals surface area (Å²) in [5, 5.41) is 3.06. The second-order valence-corrected chi connectivity index (χ2v) is 15.3. The summed E-state index contributed by atoms with van der Waals surface area (Å²) in [6.45, 7) is 15.2. The van der Waals surface area contributed by atoms with Crippen molar-refractivity contribution in [1.29, 1.82) is 0 Å². The molecule has 0 spiro atoms. The van der Waals surface area contributed by atoms with E-state index in [9.17, 15) is 18.0 Å². The molecule has 0 saturated carbocycles. The minimum absolute atomic E-state index is 0.0757. The molecule has 2 N–H and O–H groups in total. The largest absolute Gasteiger partial charge is 0.368 e. The van der Waals surface area contributed by atoms with Gasteiger partial charge in [-0.15, -0.1) is 0 Å². The summed E-state index contributed by atoms with van der Waals surface area (Å²) in [6.07, 6.45) is 3.59. The number of aromatic nitrogens is 2. The Labute approximate surface area is 249 Å². The molecular formula is C30H43N7O4S. The molecule has 3 amide bonds. The van der Waals surface area contributed by atoms with E-state index in [0.717, 1.165) is 25.7 Å². The van der Waals surface area contributed by atoms with Gasteiger partial charge in [-0.1, -0.05) is 26.8 Å². The Morgan fingerprint density at radius 2 is 1.81 bits per heavy atom. The number of nitrogens with zero attached hydrogens (tertiary/aromatic N) is 5. The first kappa shape index (κ1) is 30.1. The molecule has 42 heavy (non-hydrogen) atoms. The normalized spacial score (nSPS) is 24.0. The molecule has 4 bridgehead atoms. The van der Waals surface area contributed by atoms with Crippen LogP contribution in [-0.4, -0.2) is 73.0 Å². The van der Waals surface area contributed by atoms with E-state index in [1.807, 2.05) is 4.90 Å². The highest BCUT2D eigenvalue weighted by Gasteiger charge is 2.42. The van der Waals surface area contributed by atoms with Gasteiger partial charge in [-0.2, -0.15) is 8.42 Å². The lowest BCUT2D eigenvalue weighted by atomic mass is 9.92. The number of pyridine rings is 2. The van der Waals surface area contributed by atoms with Gasteiger partial charge in [0.05, 0.1) is 5.56 Å². The average Bonchev–Trinajstić information content (AvgIpc) is 3.42. The van der Waals surface area contributed by atoms with Crippen LogP contribution in [0.4, 0.5) is 22.2 Å². The maximum absolute atomic E-state index is 13.6. The summed E-state index contributed by atoms with van der Waals surface area (Å²) in [6, 6.07) is 7.88. The standard InChI is InChI=1S/C30H43N7O4S/c1-20-10-11-21-18-30(5,6)37(19-21)26-22(27(38)34-42(40,41)25-9-7-8-23(31-20)32-25)12-13-24(33-26)36-17-16-35(28(36)39)15-14-29(2,3)4/h7-9,12-13,20-21H,10-11,14-19H2,1-6H3,(H,31,32)(H,34,38). The molecule has 3 aliphatic heterocycles. The van der Waals surface area contributed by atoms with Crippen molar-refractivity contribution in [3.8, 4) is 0 Å². The maximum Gasteiger partial charge on any atom is 0.325 e. The molecule has 228 valence electrons. The second-order valence-electron chi connectivity index (χ2n) is 13.7. The van der Waals surface area contributed by atoms with Gasteiger partial charge < -0.3 is 15.1 Å². The first-order valence-electron chi connectivity index (χ1n) is 14.8. The molecule has 2 atom stereocenters. The molecule has 2 aromatic heterocycles. The van der Waals surface area contributed by atoms with Crippen LogP contribution in [0.25, 0.3) is 0 Å². The van der Waals surface area contributed by atoms with E-state index in [-0.39, 0.29) is 33.6 Å². The molecule has 11 nitrogen and oxygen atoms in total. The van der Waals surface area contributed by atoms with Gasteiger partial charge in [-0.3, -0.25) is 9.69 Å². The number of rotatable bonds is 3. The highest BCUT2D eigenvalue weighted by Crippen LogP contribution is 2.40. The Morgan fingerprint density at radius 3 is 2.55 bits per heavy atom. The molecule has 5 rings (SSSR count). The lowest BCUT2D eigenvalue weighted by Gasteiger charge is -2.34. The Bertz CT molecular complexity index is 1470. The van der Waals surface area contributed by atoms with Crippen molar-refractivity contribution in [1.82, 2.24) is 19.6 Å². The predicted octanol–water partition coefficient (Wildman–Crippen LogP) is 4.47. The molecule has 5 heterocycles. The monoisotopic (exact) mass is 597 g/mol. The molecule has 0 aromatic carbocycles. The van der Waals surface area contributed by atoms with Crippen molar-refractivity contribution >= 4 is 39.4 Å². The Morgan fingerprint density at radius 1 is 1.05 bits per heavy atom. The zero-order valence-electron chi connectivity index (χ0n) is 25.5. The van der Waals surface area contributed by atoms with Crippen LogP contribution in [0.2, 0.25) is 0 Å². The van der Waals surface area contributed by atoms with Gasteiger partial charge in [0.1, 0.15) is 17.5 Å². The van der Waals surface area contributed by atoms with Gasteiger partial charge in [-0.25, -0.2) is 19.5 Å². The molecule has 2 aromatic rings. The quantitative estimate of drug-likeness (QED) is 0.531.